The molecule has 3 rings (SSSR count). The third-order valence-electron chi connectivity index (χ3n) is 4.07. The van der Waals surface area contributed by atoms with Crippen LogP contribution in [0, 0.1) is 25.2 Å². The number of anilines is 1. The second-order valence-corrected chi connectivity index (χ2v) is 7.17. The number of nitriles is 1. The fourth-order valence-electron chi connectivity index (χ4n) is 2.91. The van der Waals surface area contributed by atoms with Crippen LogP contribution in [0.25, 0.3) is 0 Å². The molecule has 0 aromatic carbocycles. The first-order chi connectivity index (χ1) is 11.5. The summed E-state index contributed by atoms with van der Waals surface area (Å²) >= 11 is 1.41. The third kappa shape index (κ3) is 3.15. The van der Waals surface area contributed by atoms with Crippen LogP contribution in [-0.4, -0.2) is 32.5 Å². The molecular formula is C17H19N5OS. The van der Waals surface area contributed by atoms with Gasteiger partial charge in [-0.25, -0.2) is 4.98 Å². The lowest BCUT2D eigenvalue weighted by Gasteiger charge is -2.31. The molecule has 0 saturated carbocycles. The predicted octanol–water partition coefficient (Wildman–Crippen LogP) is 2.59. The molecule has 3 heterocycles. The zero-order valence-corrected chi connectivity index (χ0v) is 14.8. The summed E-state index contributed by atoms with van der Waals surface area (Å²) in [5.41, 5.74) is 3.15. The number of carbonyl (C=O) groups excluding carboxylic acids is 1. The maximum Gasteiger partial charge on any atom is 0.240 e. The second-order valence-electron chi connectivity index (χ2n) is 5.98. The van der Waals surface area contributed by atoms with E-state index in [-0.39, 0.29) is 11.2 Å². The van der Waals surface area contributed by atoms with Gasteiger partial charge in [0.25, 0.3) is 0 Å². The van der Waals surface area contributed by atoms with Gasteiger partial charge in [-0.1, -0.05) is 11.8 Å². The molecular weight excluding hydrogens is 322 g/mol. The van der Waals surface area contributed by atoms with Crippen LogP contribution in [0.3, 0.4) is 0 Å². The summed E-state index contributed by atoms with van der Waals surface area (Å²) in [5.74, 6) is 0.0594. The van der Waals surface area contributed by atoms with Crippen LogP contribution in [0.15, 0.2) is 23.5 Å². The summed E-state index contributed by atoms with van der Waals surface area (Å²) in [5, 5.41) is 14.0. The molecule has 1 fully saturated rings. The van der Waals surface area contributed by atoms with Crippen molar-refractivity contribution in [2.75, 3.05) is 11.4 Å². The number of pyridine rings is 1. The van der Waals surface area contributed by atoms with Crippen molar-refractivity contribution in [2.45, 2.75) is 37.0 Å². The van der Waals surface area contributed by atoms with E-state index >= 15 is 0 Å². The van der Waals surface area contributed by atoms with Gasteiger partial charge in [-0.2, -0.15) is 10.4 Å². The number of amides is 1. The number of hydrogen-bond acceptors (Lipinski definition) is 5. The highest BCUT2D eigenvalue weighted by molar-refractivity contribution is 8.00. The van der Waals surface area contributed by atoms with Crippen molar-refractivity contribution in [3.8, 4) is 6.07 Å². The van der Waals surface area contributed by atoms with Crippen LogP contribution in [0.1, 0.15) is 29.7 Å². The summed E-state index contributed by atoms with van der Waals surface area (Å²) < 4.78 is 1.69. The first-order valence-corrected chi connectivity index (χ1v) is 8.72. The minimum Gasteiger partial charge on any atom is -0.309 e. The van der Waals surface area contributed by atoms with E-state index in [9.17, 15) is 10.1 Å². The van der Waals surface area contributed by atoms with Gasteiger partial charge in [0.05, 0.1) is 22.7 Å². The maximum atomic E-state index is 12.9. The van der Waals surface area contributed by atoms with Crippen LogP contribution < -0.4 is 4.90 Å². The minimum absolute atomic E-state index is 0.0594. The molecule has 7 heteroatoms. The molecule has 0 radical (unpaired) electrons. The Morgan fingerprint density at radius 2 is 2.21 bits per heavy atom. The molecule has 0 N–H and O–H groups in total. The molecule has 0 spiro atoms. The molecule has 24 heavy (non-hydrogen) atoms. The molecule has 1 aliphatic rings. The molecule has 0 unspecified atom stereocenters. The van der Waals surface area contributed by atoms with E-state index in [2.05, 4.69) is 16.2 Å². The number of carbonyl (C=O) groups is 1. The average Bonchev–Trinajstić information content (AvgIpc) is 2.95. The van der Waals surface area contributed by atoms with Gasteiger partial charge < -0.3 is 4.90 Å². The average molecular weight is 341 g/mol. The van der Waals surface area contributed by atoms with Gasteiger partial charge in [-0.05, 0) is 38.3 Å². The summed E-state index contributed by atoms with van der Waals surface area (Å²) in [4.78, 5) is 19.1. The smallest absolute Gasteiger partial charge is 0.240 e. The van der Waals surface area contributed by atoms with E-state index in [4.69, 9.17) is 0 Å². The highest BCUT2D eigenvalue weighted by Gasteiger charge is 2.32. The Hall–Kier alpha value is -2.33. The number of thioether (sulfide) groups is 1. The summed E-state index contributed by atoms with van der Waals surface area (Å²) in [6, 6.07) is 4.12. The predicted molar refractivity (Wildman–Crippen MR) is 92.9 cm³/mol. The first-order valence-electron chi connectivity index (χ1n) is 7.84. The Labute approximate surface area is 145 Å². The van der Waals surface area contributed by atoms with E-state index in [1.165, 1.54) is 11.8 Å². The Morgan fingerprint density at radius 1 is 1.42 bits per heavy atom. The van der Waals surface area contributed by atoms with Crippen molar-refractivity contribution in [3.63, 3.8) is 0 Å². The van der Waals surface area contributed by atoms with E-state index < -0.39 is 0 Å². The van der Waals surface area contributed by atoms with Crippen LogP contribution >= 0.6 is 11.8 Å². The fraction of sp³-hybridized carbons (Fsp3) is 0.412. The molecule has 1 aliphatic heterocycles. The lowest BCUT2D eigenvalue weighted by molar-refractivity contribution is -0.119. The van der Waals surface area contributed by atoms with Crippen molar-refractivity contribution in [1.82, 2.24) is 14.8 Å². The largest absolute Gasteiger partial charge is 0.309 e. The molecule has 0 aliphatic carbocycles. The van der Waals surface area contributed by atoms with Crippen molar-refractivity contribution < 1.29 is 4.79 Å². The van der Waals surface area contributed by atoms with Gasteiger partial charge in [-0.15, -0.1) is 0 Å². The van der Waals surface area contributed by atoms with Crippen molar-refractivity contribution >= 4 is 23.4 Å². The van der Waals surface area contributed by atoms with Crippen LogP contribution in [0.4, 0.5) is 5.69 Å². The maximum absolute atomic E-state index is 12.9. The van der Waals surface area contributed by atoms with Crippen molar-refractivity contribution in [1.29, 1.82) is 5.26 Å². The second kappa shape index (κ2) is 6.65. The van der Waals surface area contributed by atoms with Gasteiger partial charge in [0.2, 0.25) is 5.91 Å². The summed E-state index contributed by atoms with van der Waals surface area (Å²) in [6.45, 7) is 4.51. The molecule has 124 valence electrons. The van der Waals surface area contributed by atoms with Crippen molar-refractivity contribution in [3.05, 3.63) is 35.3 Å². The van der Waals surface area contributed by atoms with Crippen LogP contribution in [0.2, 0.25) is 0 Å². The zero-order valence-electron chi connectivity index (χ0n) is 14.0. The van der Waals surface area contributed by atoms with Gasteiger partial charge in [0, 0.05) is 25.5 Å². The summed E-state index contributed by atoms with van der Waals surface area (Å²) in [6.07, 6.45) is 5.27. The normalized spacial score (nSPS) is 17.8. The number of nitrogens with zero attached hydrogens (tertiary/aromatic N) is 5. The molecule has 1 atom stereocenters. The molecule has 1 saturated heterocycles. The number of piperidine rings is 1. The minimum atomic E-state index is -0.222. The van der Waals surface area contributed by atoms with Gasteiger partial charge in [0.1, 0.15) is 11.1 Å². The SMILES string of the molecule is Cc1cc(C)c(C#N)c(S[C@@H]2CCCN(c3cnn(C)c3)C2=O)n1. The topological polar surface area (TPSA) is 74.8 Å². The van der Waals surface area contributed by atoms with E-state index in [0.717, 1.165) is 29.8 Å². The quantitative estimate of drug-likeness (QED) is 0.858. The van der Waals surface area contributed by atoms with Gasteiger partial charge in [0.15, 0.2) is 0 Å². The number of aryl methyl sites for hydroxylation is 3. The lowest BCUT2D eigenvalue weighted by atomic mass is 10.1. The lowest BCUT2D eigenvalue weighted by Crippen LogP contribution is -2.42. The zero-order chi connectivity index (χ0) is 17.3. The van der Waals surface area contributed by atoms with Gasteiger partial charge >= 0.3 is 0 Å². The van der Waals surface area contributed by atoms with E-state index in [1.54, 1.807) is 15.8 Å². The molecule has 2 aromatic heterocycles. The fourth-order valence-corrected chi connectivity index (χ4v) is 4.22. The Bertz CT molecular complexity index is 823. The highest BCUT2D eigenvalue weighted by atomic mass is 32.2. The summed E-state index contributed by atoms with van der Waals surface area (Å²) in [7, 11) is 1.84. The molecule has 1 amide bonds. The number of aromatic nitrogens is 3. The highest BCUT2D eigenvalue weighted by Crippen LogP contribution is 2.34. The third-order valence-corrected chi connectivity index (χ3v) is 5.31. The van der Waals surface area contributed by atoms with E-state index in [0.29, 0.717) is 17.1 Å². The number of rotatable bonds is 3. The van der Waals surface area contributed by atoms with Crippen LogP contribution in [0.5, 0.6) is 0 Å². The first kappa shape index (κ1) is 16.5. The number of hydrogen-bond donors (Lipinski definition) is 0. The van der Waals surface area contributed by atoms with Crippen LogP contribution in [-0.2, 0) is 11.8 Å². The molecule has 2 aromatic rings. The molecule has 6 nitrogen and oxygen atoms in total. The standard InChI is InChI=1S/C17H19N5OS/c1-11-7-12(2)20-16(14(11)8-18)24-15-5-4-6-22(17(15)23)13-9-19-21(3)10-13/h7,9-10,15H,4-6H2,1-3H3/t15-/m1/s1. The van der Waals surface area contributed by atoms with E-state index in [1.807, 2.05) is 33.2 Å². The Morgan fingerprint density at radius 3 is 2.88 bits per heavy atom. The Balaban J connectivity index is 1.86. The van der Waals surface area contributed by atoms with Crippen molar-refractivity contribution in [2.24, 2.45) is 7.05 Å². The monoisotopic (exact) mass is 341 g/mol. The van der Waals surface area contributed by atoms with Gasteiger partial charge in [-0.3, -0.25) is 9.48 Å². The molecule has 0 bridgehead atoms. The Kier molecular flexibility index (Phi) is 4.58.